The Balaban J connectivity index is 3.24. The van der Waals surface area contributed by atoms with Gasteiger partial charge < -0.3 is 15.5 Å². The molecule has 0 atom stereocenters. The molecule has 5 nitrogen and oxygen atoms in total. The van der Waals surface area contributed by atoms with Crippen molar-refractivity contribution in [1.29, 1.82) is 5.26 Å². The Kier molecular flexibility index (Phi) is 2.57. The van der Waals surface area contributed by atoms with Crippen molar-refractivity contribution in [3.63, 3.8) is 0 Å². The Hall–Kier alpha value is -2.17. The molecule has 0 fully saturated rings. The SMILES string of the molecule is N#Cc1cc(=O)c(N)c(OC(F)(F)F)[nH]1. The molecule has 0 spiro atoms. The second kappa shape index (κ2) is 3.53. The lowest BCUT2D eigenvalue weighted by atomic mass is 10.3. The summed E-state index contributed by atoms with van der Waals surface area (Å²) in [6.07, 6.45) is -4.98. The van der Waals surface area contributed by atoms with Gasteiger partial charge in [0.05, 0.1) is 0 Å². The third-order valence-electron chi connectivity index (χ3n) is 1.37. The van der Waals surface area contributed by atoms with Crippen molar-refractivity contribution in [2.24, 2.45) is 0 Å². The van der Waals surface area contributed by atoms with Crippen LogP contribution in [-0.4, -0.2) is 11.3 Å². The molecular weight excluding hydrogens is 215 g/mol. The molecule has 0 bridgehead atoms. The van der Waals surface area contributed by atoms with Crippen LogP contribution >= 0.6 is 0 Å². The summed E-state index contributed by atoms with van der Waals surface area (Å²) in [6, 6.07) is 2.24. The van der Waals surface area contributed by atoms with Crippen LogP contribution in [0.4, 0.5) is 18.9 Å². The molecule has 1 aromatic heterocycles. The van der Waals surface area contributed by atoms with Crippen LogP contribution in [0.1, 0.15) is 5.69 Å². The van der Waals surface area contributed by atoms with Gasteiger partial charge in [-0.25, -0.2) is 0 Å². The van der Waals surface area contributed by atoms with Crippen molar-refractivity contribution in [3.8, 4) is 11.9 Å². The van der Waals surface area contributed by atoms with E-state index in [1.165, 1.54) is 6.07 Å². The number of aromatic nitrogens is 1. The van der Waals surface area contributed by atoms with Crippen LogP contribution < -0.4 is 15.9 Å². The average Bonchev–Trinajstić information content (AvgIpc) is 2.10. The normalized spacial score (nSPS) is 10.8. The monoisotopic (exact) mass is 219 g/mol. The predicted octanol–water partition coefficient (Wildman–Crippen LogP) is 0.727. The van der Waals surface area contributed by atoms with Crippen LogP contribution in [-0.2, 0) is 0 Å². The summed E-state index contributed by atoms with van der Waals surface area (Å²) < 4.78 is 38.8. The summed E-state index contributed by atoms with van der Waals surface area (Å²) in [5.41, 5.74) is 3.03. The van der Waals surface area contributed by atoms with Gasteiger partial charge in [-0.3, -0.25) is 4.79 Å². The summed E-state index contributed by atoms with van der Waals surface area (Å²) in [6.45, 7) is 0. The number of rotatable bonds is 1. The zero-order chi connectivity index (χ0) is 11.6. The number of aromatic amines is 1. The summed E-state index contributed by atoms with van der Waals surface area (Å²) in [5, 5.41) is 8.38. The van der Waals surface area contributed by atoms with Gasteiger partial charge in [-0.2, -0.15) is 5.26 Å². The van der Waals surface area contributed by atoms with Crippen LogP contribution in [0.2, 0.25) is 0 Å². The van der Waals surface area contributed by atoms with Crippen molar-refractivity contribution < 1.29 is 17.9 Å². The maximum atomic E-state index is 11.8. The third kappa shape index (κ3) is 2.63. The molecule has 0 saturated carbocycles. The Labute approximate surface area is 80.9 Å². The number of ether oxygens (including phenoxy) is 1. The van der Waals surface area contributed by atoms with E-state index in [4.69, 9.17) is 11.0 Å². The first kappa shape index (κ1) is 10.9. The van der Waals surface area contributed by atoms with Gasteiger partial charge in [-0.1, -0.05) is 0 Å². The number of alkyl halides is 3. The minimum absolute atomic E-state index is 0.367. The Morgan fingerprint density at radius 2 is 2.13 bits per heavy atom. The first-order chi connectivity index (χ1) is 6.83. The zero-order valence-electron chi connectivity index (χ0n) is 7.05. The first-order valence-electron chi connectivity index (χ1n) is 3.52. The van der Waals surface area contributed by atoms with Gasteiger partial charge in [0.15, 0.2) is 0 Å². The predicted molar refractivity (Wildman–Crippen MR) is 42.9 cm³/mol. The highest BCUT2D eigenvalue weighted by molar-refractivity contribution is 5.49. The van der Waals surface area contributed by atoms with E-state index in [2.05, 4.69) is 4.74 Å². The van der Waals surface area contributed by atoms with Gasteiger partial charge in [0, 0.05) is 6.07 Å². The fourth-order valence-corrected chi connectivity index (χ4v) is 0.803. The minimum Gasteiger partial charge on any atom is -0.391 e. The Bertz CT molecular complexity index is 472. The van der Waals surface area contributed by atoms with Crippen molar-refractivity contribution in [2.75, 3.05) is 5.73 Å². The van der Waals surface area contributed by atoms with Crippen molar-refractivity contribution in [1.82, 2.24) is 4.98 Å². The second-order valence-electron chi connectivity index (χ2n) is 2.45. The van der Waals surface area contributed by atoms with Crippen molar-refractivity contribution >= 4 is 5.69 Å². The van der Waals surface area contributed by atoms with E-state index in [1.807, 2.05) is 4.98 Å². The van der Waals surface area contributed by atoms with Crippen molar-refractivity contribution in [2.45, 2.75) is 6.36 Å². The third-order valence-corrected chi connectivity index (χ3v) is 1.37. The average molecular weight is 219 g/mol. The van der Waals surface area contributed by atoms with E-state index in [9.17, 15) is 18.0 Å². The number of hydrogen-bond acceptors (Lipinski definition) is 4. The summed E-state index contributed by atoms with van der Waals surface area (Å²) >= 11 is 0. The topological polar surface area (TPSA) is 91.9 Å². The highest BCUT2D eigenvalue weighted by atomic mass is 19.4. The molecule has 0 radical (unpaired) electrons. The van der Waals surface area contributed by atoms with Gasteiger partial charge in [0.25, 0.3) is 0 Å². The number of nitriles is 1. The Morgan fingerprint density at radius 1 is 1.53 bits per heavy atom. The van der Waals surface area contributed by atoms with Crippen LogP contribution in [0.3, 0.4) is 0 Å². The van der Waals surface area contributed by atoms with Crippen LogP contribution in [0.5, 0.6) is 5.88 Å². The molecule has 0 saturated heterocycles. The minimum atomic E-state index is -4.98. The maximum absolute atomic E-state index is 11.8. The van der Waals surface area contributed by atoms with Crippen LogP contribution in [0.25, 0.3) is 0 Å². The molecule has 0 aliphatic heterocycles. The molecule has 80 valence electrons. The summed E-state index contributed by atoms with van der Waals surface area (Å²) in [5.74, 6) is -0.980. The first-order valence-corrected chi connectivity index (χ1v) is 3.52. The second-order valence-corrected chi connectivity index (χ2v) is 2.45. The molecule has 0 aliphatic carbocycles. The number of hydrogen-bond donors (Lipinski definition) is 2. The smallest absolute Gasteiger partial charge is 0.391 e. The molecule has 1 aromatic rings. The lowest BCUT2D eigenvalue weighted by molar-refractivity contribution is -0.275. The van der Waals surface area contributed by atoms with Crippen LogP contribution in [0.15, 0.2) is 10.9 Å². The highest BCUT2D eigenvalue weighted by Crippen LogP contribution is 2.23. The lowest BCUT2D eigenvalue weighted by Crippen LogP contribution is -2.21. The largest absolute Gasteiger partial charge is 0.574 e. The number of anilines is 1. The molecule has 1 rings (SSSR count). The van der Waals surface area contributed by atoms with Gasteiger partial charge in [0.2, 0.25) is 11.3 Å². The number of nitrogens with two attached hydrogens (primary N) is 1. The standard InChI is InChI=1S/C7H4F3N3O2/c8-7(9,10)15-6-5(12)4(14)1-3(2-11)13-6/h1H,12H2,(H,13,14). The molecular formula is C7H4F3N3O2. The molecule has 8 heteroatoms. The van der Waals surface area contributed by atoms with Crippen molar-refractivity contribution in [3.05, 3.63) is 22.0 Å². The fraction of sp³-hybridized carbons (Fsp3) is 0.143. The highest BCUT2D eigenvalue weighted by Gasteiger charge is 2.33. The molecule has 3 N–H and O–H groups in total. The quantitative estimate of drug-likeness (QED) is 0.728. The maximum Gasteiger partial charge on any atom is 0.574 e. The number of nitrogen functional groups attached to an aromatic ring is 1. The number of nitrogens with one attached hydrogen (secondary N) is 1. The van der Waals surface area contributed by atoms with Gasteiger partial charge in [-0.15, -0.1) is 13.2 Å². The molecule has 1 heterocycles. The van der Waals surface area contributed by atoms with Gasteiger partial charge in [0.1, 0.15) is 17.5 Å². The molecule has 0 aromatic carbocycles. The molecule has 0 unspecified atom stereocenters. The molecule has 0 aliphatic rings. The molecule has 15 heavy (non-hydrogen) atoms. The molecule has 0 amide bonds. The number of halogens is 3. The number of pyridine rings is 1. The van der Waals surface area contributed by atoms with E-state index in [-0.39, 0.29) is 5.69 Å². The summed E-state index contributed by atoms with van der Waals surface area (Å²) in [4.78, 5) is 12.9. The van der Waals surface area contributed by atoms with Crippen LogP contribution in [0, 0.1) is 11.3 Å². The zero-order valence-corrected chi connectivity index (χ0v) is 7.05. The Morgan fingerprint density at radius 3 is 2.60 bits per heavy atom. The van der Waals surface area contributed by atoms with E-state index in [1.54, 1.807) is 0 Å². The van der Waals surface area contributed by atoms with E-state index >= 15 is 0 Å². The van der Waals surface area contributed by atoms with E-state index < -0.39 is 23.4 Å². The lowest BCUT2D eigenvalue weighted by Gasteiger charge is -2.10. The van der Waals surface area contributed by atoms with E-state index in [0.717, 1.165) is 6.07 Å². The fourth-order valence-electron chi connectivity index (χ4n) is 0.803. The van der Waals surface area contributed by atoms with Gasteiger partial charge >= 0.3 is 6.36 Å². The number of H-pyrrole nitrogens is 1. The van der Waals surface area contributed by atoms with E-state index in [0.29, 0.717) is 0 Å². The number of nitrogens with zero attached hydrogens (tertiary/aromatic N) is 1. The van der Waals surface area contributed by atoms with Gasteiger partial charge in [-0.05, 0) is 0 Å². The summed E-state index contributed by atoms with van der Waals surface area (Å²) in [7, 11) is 0.